The van der Waals surface area contributed by atoms with Crippen LogP contribution in [0.5, 0.6) is 0 Å². The molecule has 22 heavy (non-hydrogen) atoms. The summed E-state index contributed by atoms with van der Waals surface area (Å²) >= 11 is 8.02. The Bertz CT molecular complexity index is 666. The SMILES string of the molecule is CN(C)Cc1cc(Cl)ccc1Sc1ccc2c(c1)CCCC2. The number of benzene rings is 2. The fraction of sp³-hybridized carbons (Fsp3) is 0.368. The fourth-order valence-electron chi connectivity index (χ4n) is 3.01. The van der Waals surface area contributed by atoms with E-state index in [1.54, 1.807) is 11.1 Å². The Morgan fingerprint density at radius 3 is 2.55 bits per heavy atom. The standard InChI is InChI=1S/C19H22ClNS/c1-21(2)13-16-11-17(20)8-10-19(16)22-18-9-7-14-5-3-4-6-15(14)12-18/h7-12H,3-6,13H2,1-2H3. The van der Waals surface area contributed by atoms with Gasteiger partial charge in [0.15, 0.2) is 0 Å². The minimum Gasteiger partial charge on any atom is -0.305 e. The van der Waals surface area contributed by atoms with Crippen LogP contribution in [-0.2, 0) is 19.4 Å². The van der Waals surface area contributed by atoms with Gasteiger partial charge < -0.3 is 4.90 Å². The molecule has 2 aromatic rings. The van der Waals surface area contributed by atoms with Crippen molar-refractivity contribution in [2.75, 3.05) is 14.1 Å². The summed E-state index contributed by atoms with van der Waals surface area (Å²) in [6.07, 6.45) is 5.14. The number of hydrogen-bond acceptors (Lipinski definition) is 2. The topological polar surface area (TPSA) is 3.24 Å². The van der Waals surface area contributed by atoms with Crippen molar-refractivity contribution >= 4 is 23.4 Å². The van der Waals surface area contributed by atoms with E-state index in [9.17, 15) is 0 Å². The molecule has 3 rings (SSSR count). The Morgan fingerprint density at radius 2 is 1.77 bits per heavy atom. The third-order valence-electron chi connectivity index (χ3n) is 4.06. The molecule has 3 heteroatoms. The Morgan fingerprint density at radius 1 is 1.00 bits per heavy atom. The monoisotopic (exact) mass is 331 g/mol. The molecule has 1 aliphatic carbocycles. The highest BCUT2D eigenvalue weighted by molar-refractivity contribution is 7.99. The first-order chi connectivity index (χ1) is 10.6. The first-order valence-corrected chi connectivity index (χ1v) is 9.04. The van der Waals surface area contributed by atoms with Crippen LogP contribution < -0.4 is 0 Å². The van der Waals surface area contributed by atoms with Crippen LogP contribution in [0.25, 0.3) is 0 Å². The van der Waals surface area contributed by atoms with Crippen molar-refractivity contribution in [3.05, 3.63) is 58.1 Å². The summed E-state index contributed by atoms with van der Waals surface area (Å²) in [5, 5.41) is 0.812. The number of aryl methyl sites for hydroxylation is 2. The lowest BCUT2D eigenvalue weighted by atomic mass is 9.92. The fourth-order valence-corrected chi connectivity index (χ4v) is 4.19. The van der Waals surface area contributed by atoms with Gasteiger partial charge in [-0.2, -0.15) is 0 Å². The van der Waals surface area contributed by atoms with Gasteiger partial charge in [0, 0.05) is 21.4 Å². The molecule has 0 atom stereocenters. The summed E-state index contributed by atoms with van der Waals surface area (Å²) in [6, 6.07) is 13.2. The van der Waals surface area contributed by atoms with E-state index in [0.717, 1.165) is 11.6 Å². The maximum Gasteiger partial charge on any atom is 0.0410 e. The van der Waals surface area contributed by atoms with E-state index in [1.807, 2.05) is 17.8 Å². The van der Waals surface area contributed by atoms with Crippen LogP contribution in [0.3, 0.4) is 0 Å². The van der Waals surface area contributed by atoms with Gasteiger partial charge in [0.2, 0.25) is 0 Å². The van der Waals surface area contributed by atoms with Crippen molar-refractivity contribution in [3.63, 3.8) is 0 Å². The second-order valence-electron chi connectivity index (χ2n) is 6.23. The van der Waals surface area contributed by atoms with Gasteiger partial charge in [0.25, 0.3) is 0 Å². The summed E-state index contributed by atoms with van der Waals surface area (Å²) in [7, 11) is 4.18. The molecule has 116 valence electrons. The largest absolute Gasteiger partial charge is 0.305 e. The second kappa shape index (κ2) is 7.08. The Hall–Kier alpha value is -0.960. The van der Waals surface area contributed by atoms with Crippen molar-refractivity contribution < 1.29 is 0 Å². The number of fused-ring (bicyclic) bond motifs is 1. The molecule has 0 spiro atoms. The maximum absolute atomic E-state index is 6.17. The predicted octanol–water partition coefficient (Wildman–Crippen LogP) is 5.43. The van der Waals surface area contributed by atoms with Crippen molar-refractivity contribution in [1.29, 1.82) is 0 Å². The Balaban J connectivity index is 1.86. The summed E-state index contributed by atoms with van der Waals surface area (Å²) in [6.45, 7) is 0.911. The summed E-state index contributed by atoms with van der Waals surface area (Å²) in [5.41, 5.74) is 4.37. The first-order valence-electron chi connectivity index (χ1n) is 7.84. The molecule has 0 radical (unpaired) electrons. The van der Waals surface area contributed by atoms with Crippen LogP contribution in [0.1, 0.15) is 29.5 Å². The van der Waals surface area contributed by atoms with E-state index in [0.29, 0.717) is 0 Å². The molecule has 1 aliphatic rings. The highest BCUT2D eigenvalue weighted by Gasteiger charge is 2.11. The predicted molar refractivity (Wildman–Crippen MR) is 96.1 cm³/mol. The second-order valence-corrected chi connectivity index (χ2v) is 7.78. The molecule has 0 heterocycles. The smallest absolute Gasteiger partial charge is 0.0410 e. The van der Waals surface area contributed by atoms with Gasteiger partial charge in [-0.05, 0) is 86.8 Å². The average Bonchev–Trinajstić information content (AvgIpc) is 2.49. The average molecular weight is 332 g/mol. The quantitative estimate of drug-likeness (QED) is 0.734. The van der Waals surface area contributed by atoms with Crippen LogP contribution in [-0.4, -0.2) is 19.0 Å². The van der Waals surface area contributed by atoms with Gasteiger partial charge in [0.05, 0.1) is 0 Å². The summed E-state index contributed by atoms with van der Waals surface area (Å²) < 4.78 is 0. The third-order valence-corrected chi connectivity index (χ3v) is 5.40. The molecular formula is C19H22ClNS. The number of nitrogens with zero attached hydrogens (tertiary/aromatic N) is 1. The van der Waals surface area contributed by atoms with Crippen molar-refractivity contribution in [2.24, 2.45) is 0 Å². The molecule has 0 amide bonds. The molecule has 0 N–H and O–H groups in total. The lowest BCUT2D eigenvalue weighted by Crippen LogP contribution is -2.11. The van der Waals surface area contributed by atoms with Gasteiger partial charge >= 0.3 is 0 Å². The number of rotatable bonds is 4. The third kappa shape index (κ3) is 3.87. The van der Waals surface area contributed by atoms with Crippen LogP contribution in [0.4, 0.5) is 0 Å². The molecule has 0 aliphatic heterocycles. The van der Waals surface area contributed by atoms with Gasteiger partial charge in [-0.15, -0.1) is 0 Å². The number of halogens is 1. The zero-order valence-electron chi connectivity index (χ0n) is 13.2. The Kier molecular flexibility index (Phi) is 5.12. The van der Waals surface area contributed by atoms with Crippen LogP contribution in [0.15, 0.2) is 46.2 Å². The normalized spacial score (nSPS) is 14.2. The lowest BCUT2D eigenvalue weighted by molar-refractivity contribution is 0.399. The van der Waals surface area contributed by atoms with Crippen molar-refractivity contribution in [3.8, 4) is 0 Å². The van der Waals surface area contributed by atoms with E-state index >= 15 is 0 Å². The molecule has 0 saturated heterocycles. The summed E-state index contributed by atoms with van der Waals surface area (Å²) in [4.78, 5) is 4.82. The van der Waals surface area contributed by atoms with Crippen LogP contribution in [0.2, 0.25) is 5.02 Å². The van der Waals surface area contributed by atoms with Gasteiger partial charge in [-0.1, -0.05) is 29.4 Å². The first kappa shape index (κ1) is 15.9. The lowest BCUT2D eigenvalue weighted by Gasteiger charge is -2.18. The highest BCUT2D eigenvalue weighted by Crippen LogP contribution is 2.34. The minimum atomic E-state index is 0.812. The van der Waals surface area contributed by atoms with E-state index in [4.69, 9.17) is 11.6 Å². The highest BCUT2D eigenvalue weighted by atomic mass is 35.5. The van der Waals surface area contributed by atoms with E-state index in [2.05, 4.69) is 49.3 Å². The van der Waals surface area contributed by atoms with Crippen molar-refractivity contribution in [2.45, 2.75) is 42.0 Å². The molecular weight excluding hydrogens is 310 g/mol. The van der Waals surface area contributed by atoms with Gasteiger partial charge in [-0.25, -0.2) is 0 Å². The van der Waals surface area contributed by atoms with E-state index < -0.39 is 0 Å². The molecule has 0 unspecified atom stereocenters. The maximum atomic E-state index is 6.17. The number of hydrogen-bond donors (Lipinski definition) is 0. The minimum absolute atomic E-state index is 0.812. The zero-order chi connectivity index (χ0) is 15.5. The Labute approximate surface area is 142 Å². The van der Waals surface area contributed by atoms with Crippen LogP contribution >= 0.6 is 23.4 Å². The molecule has 0 saturated carbocycles. The van der Waals surface area contributed by atoms with Gasteiger partial charge in [0.1, 0.15) is 0 Å². The molecule has 0 fully saturated rings. The van der Waals surface area contributed by atoms with Crippen LogP contribution in [0, 0.1) is 0 Å². The zero-order valence-corrected chi connectivity index (χ0v) is 14.8. The molecule has 0 bridgehead atoms. The molecule has 1 nitrogen and oxygen atoms in total. The van der Waals surface area contributed by atoms with E-state index in [1.165, 1.54) is 41.0 Å². The molecule has 0 aromatic heterocycles. The summed E-state index contributed by atoms with van der Waals surface area (Å²) in [5.74, 6) is 0. The van der Waals surface area contributed by atoms with Crippen molar-refractivity contribution in [1.82, 2.24) is 4.90 Å². The van der Waals surface area contributed by atoms with Gasteiger partial charge in [-0.3, -0.25) is 0 Å². The van der Waals surface area contributed by atoms with E-state index in [-0.39, 0.29) is 0 Å². The molecule has 2 aromatic carbocycles.